The summed E-state index contributed by atoms with van der Waals surface area (Å²) in [5.41, 5.74) is 3.70. The molecule has 0 unspecified atom stereocenters. The molecule has 0 heterocycles. The average Bonchev–Trinajstić information content (AvgIpc) is 2.16. The van der Waals surface area contributed by atoms with Crippen molar-refractivity contribution in [2.45, 2.75) is 33.6 Å². The second-order valence-corrected chi connectivity index (χ2v) is 3.90. The van der Waals surface area contributed by atoms with Crippen LogP contribution in [0.1, 0.15) is 44.7 Å². The van der Waals surface area contributed by atoms with E-state index in [0.717, 1.165) is 0 Å². The Labute approximate surface area is 86.1 Å². The van der Waals surface area contributed by atoms with Crippen molar-refractivity contribution in [2.75, 3.05) is 0 Å². The van der Waals surface area contributed by atoms with Crippen molar-refractivity contribution in [3.05, 3.63) is 35.4 Å². The largest absolute Gasteiger partial charge is 0.508 e. The zero-order valence-corrected chi connectivity index (χ0v) is 9.33. The van der Waals surface area contributed by atoms with Crippen LogP contribution >= 0.6 is 0 Å². The van der Waals surface area contributed by atoms with Crippen molar-refractivity contribution in [2.24, 2.45) is 0 Å². The lowest BCUT2D eigenvalue weighted by molar-refractivity contribution is 0.474. The Balaban J connectivity index is 3.29. The molecule has 0 radical (unpaired) electrons. The normalized spacial score (nSPS) is 12.2. The Morgan fingerprint density at radius 2 is 2.00 bits per heavy atom. The lowest BCUT2D eigenvalue weighted by Crippen LogP contribution is -1.94. The summed E-state index contributed by atoms with van der Waals surface area (Å²) in [4.78, 5) is 0. The van der Waals surface area contributed by atoms with Crippen LogP contribution in [0.4, 0.5) is 0 Å². The lowest BCUT2D eigenvalue weighted by Gasteiger charge is -2.13. The van der Waals surface area contributed by atoms with Crippen LogP contribution in [0, 0.1) is 0 Å². The molecule has 1 rings (SSSR count). The van der Waals surface area contributed by atoms with Crippen molar-refractivity contribution in [1.29, 1.82) is 0 Å². The fraction of sp³-hybridized carbons (Fsp3) is 0.385. The van der Waals surface area contributed by atoms with Crippen molar-refractivity contribution in [3.8, 4) is 5.75 Å². The molecule has 1 nitrogen and oxygen atoms in total. The van der Waals surface area contributed by atoms with Gasteiger partial charge in [0, 0.05) is 0 Å². The van der Waals surface area contributed by atoms with Crippen LogP contribution in [0.5, 0.6) is 5.75 Å². The molecular weight excluding hydrogens is 172 g/mol. The van der Waals surface area contributed by atoms with E-state index in [9.17, 15) is 5.11 Å². The minimum Gasteiger partial charge on any atom is -0.508 e. The maximum atomic E-state index is 9.42. The van der Waals surface area contributed by atoms with Gasteiger partial charge in [-0.3, -0.25) is 0 Å². The highest BCUT2D eigenvalue weighted by atomic mass is 16.3. The average molecular weight is 190 g/mol. The lowest BCUT2D eigenvalue weighted by atomic mass is 9.93. The maximum Gasteiger partial charge on any atom is 0.115 e. The van der Waals surface area contributed by atoms with Crippen molar-refractivity contribution in [1.82, 2.24) is 0 Å². The number of allylic oxidation sites excluding steroid dienone is 2. The van der Waals surface area contributed by atoms with Gasteiger partial charge in [-0.25, -0.2) is 0 Å². The zero-order chi connectivity index (χ0) is 10.7. The maximum absolute atomic E-state index is 9.42. The molecule has 0 aliphatic carbocycles. The third kappa shape index (κ3) is 2.16. The van der Waals surface area contributed by atoms with Crippen LogP contribution in [-0.2, 0) is 0 Å². The third-order valence-corrected chi connectivity index (χ3v) is 2.52. The first-order valence-corrected chi connectivity index (χ1v) is 5.02. The zero-order valence-electron chi connectivity index (χ0n) is 9.33. The molecule has 1 aromatic carbocycles. The van der Waals surface area contributed by atoms with Crippen molar-refractivity contribution < 1.29 is 5.11 Å². The molecule has 0 spiro atoms. The summed E-state index contributed by atoms with van der Waals surface area (Å²) >= 11 is 0. The van der Waals surface area contributed by atoms with Gasteiger partial charge >= 0.3 is 0 Å². The topological polar surface area (TPSA) is 20.2 Å². The highest BCUT2D eigenvalue weighted by molar-refractivity contribution is 5.67. The number of benzene rings is 1. The summed E-state index contributed by atoms with van der Waals surface area (Å²) in [7, 11) is 0. The number of hydrogen-bond donors (Lipinski definition) is 1. The second-order valence-electron chi connectivity index (χ2n) is 3.90. The molecule has 76 valence electrons. The van der Waals surface area contributed by atoms with E-state index in [2.05, 4.69) is 26.8 Å². The first-order valence-electron chi connectivity index (χ1n) is 5.02. The van der Waals surface area contributed by atoms with Crippen LogP contribution in [-0.4, -0.2) is 5.11 Å². The molecule has 0 aliphatic heterocycles. The smallest absolute Gasteiger partial charge is 0.115 e. The van der Waals surface area contributed by atoms with Gasteiger partial charge in [0.25, 0.3) is 0 Å². The van der Waals surface area contributed by atoms with Crippen LogP contribution in [0.15, 0.2) is 24.3 Å². The second kappa shape index (κ2) is 4.32. The van der Waals surface area contributed by atoms with E-state index >= 15 is 0 Å². The Morgan fingerprint density at radius 3 is 2.50 bits per heavy atom. The standard InChI is InChI=1S/C13H18O/c1-5-10(4)12-7-6-11(14)8-13(12)9(2)3/h5-9,14H,1-4H3/b10-5-. The number of rotatable bonds is 2. The number of hydrogen-bond acceptors (Lipinski definition) is 1. The molecular formula is C13H18O. The number of phenols is 1. The molecule has 0 atom stereocenters. The summed E-state index contributed by atoms with van der Waals surface area (Å²) in [5, 5.41) is 9.42. The van der Waals surface area contributed by atoms with Gasteiger partial charge in [-0.2, -0.15) is 0 Å². The van der Waals surface area contributed by atoms with Gasteiger partial charge < -0.3 is 5.11 Å². The van der Waals surface area contributed by atoms with Crippen LogP contribution in [0.3, 0.4) is 0 Å². The monoisotopic (exact) mass is 190 g/mol. The Kier molecular flexibility index (Phi) is 3.34. The fourth-order valence-corrected chi connectivity index (χ4v) is 1.54. The Hall–Kier alpha value is -1.24. The quantitative estimate of drug-likeness (QED) is 0.749. The van der Waals surface area contributed by atoms with E-state index < -0.39 is 0 Å². The third-order valence-electron chi connectivity index (χ3n) is 2.52. The Bertz CT molecular complexity index is 348. The predicted molar refractivity (Wildman–Crippen MR) is 61.5 cm³/mol. The molecule has 0 saturated carbocycles. The summed E-state index contributed by atoms with van der Waals surface area (Å²) in [6.45, 7) is 8.41. The first kappa shape index (κ1) is 10.8. The summed E-state index contributed by atoms with van der Waals surface area (Å²) in [6, 6.07) is 5.58. The predicted octanol–water partition coefficient (Wildman–Crippen LogP) is 3.94. The molecule has 0 amide bonds. The van der Waals surface area contributed by atoms with Gasteiger partial charge in [-0.05, 0) is 48.6 Å². The van der Waals surface area contributed by atoms with Crippen molar-refractivity contribution >= 4 is 5.57 Å². The van der Waals surface area contributed by atoms with Gasteiger partial charge in [0.15, 0.2) is 0 Å². The highest BCUT2D eigenvalue weighted by Gasteiger charge is 2.08. The summed E-state index contributed by atoms with van der Waals surface area (Å²) in [5.74, 6) is 0.786. The van der Waals surface area contributed by atoms with Crippen LogP contribution in [0.2, 0.25) is 0 Å². The molecule has 0 bridgehead atoms. The first-order chi connectivity index (χ1) is 6.56. The highest BCUT2D eigenvalue weighted by Crippen LogP contribution is 2.28. The van der Waals surface area contributed by atoms with Gasteiger partial charge in [-0.15, -0.1) is 0 Å². The van der Waals surface area contributed by atoms with Crippen LogP contribution in [0.25, 0.3) is 5.57 Å². The van der Waals surface area contributed by atoms with E-state index in [-0.39, 0.29) is 0 Å². The SMILES string of the molecule is C/C=C(/C)c1ccc(O)cc1C(C)C. The molecule has 14 heavy (non-hydrogen) atoms. The van der Waals surface area contributed by atoms with Gasteiger partial charge in [0.2, 0.25) is 0 Å². The molecule has 1 heteroatoms. The molecule has 1 N–H and O–H groups in total. The minimum absolute atomic E-state index is 0.348. The fourth-order valence-electron chi connectivity index (χ4n) is 1.54. The van der Waals surface area contributed by atoms with E-state index in [4.69, 9.17) is 0 Å². The molecule has 0 fully saturated rings. The summed E-state index contributed by atoms with van der Waals surface area (Å²) < 4.78 is 0. The van der Waals surface area contributed by atoms with E-state index in [0.29, 0.717) is 11.7 Å². The van der Waals surface area contributed by atoms with Gasteiger partial charge in [0.05, 0.1) is 0 Å². The van der Waals surface area contributed by atoms with E-state index in [1.165, 1.54) is 16.7 Å². The molecule has 0 aromatic heterocycles. The van der Waals surface area contributed by atoms with E-state index in [1.807, 2.05) is 19.1 Å². The van der Waals surface area contributed by atoms with E-state index in [1.54, 1.807) is 6.07 Å². The summed E-state index contributed by atoms with van der Waals surface area (Å²) in [6.07, 6.45) is 2.10. The van der Waals surface area contributed by atoms with Gasteiger partial charge in [-0.1, -0.05) is 26.0 Å². The van der Waals surface area contributed by atoms with Gasteiger partial charge in [0.1, 0.15) is 5.75 Å². The Morgan fingerprint density at radius 1 is 1.36 bits per heavy atom. The molecule has 0 saturated heterocycles. The number of phenolic OH excluding ortho intramolecular Hbond substituents is 1. The van der Waals surface area contributed by atoms with Crippen molar-refractivity contribution in [3.63, 3.8) is 0 Å². The molecule has 0 aliphatic rings. The molecule has 1 aromatic rings. The number of aromatic hydroxyl groups is 1. The van der Waals surface area contributed by atoms with Crippen LogP contribution < -0.4 is 0 Å². The minimum atomic E-state index is 0.348.